The second-order valence-corrected chi connectivity index (χ2v) is 8.81. The highest BCUT2D eigenvalue weighted by atomic mass is 28.2. The molecule has 1 N–H and O–H groups in total. The largest absolute Gasteiger partial charge is 0.446 e. The molecule has 0 fully saturated rings. The van der Waals surface area contributed by atoms with Crippen LogP contribution in [0.3, 0.4) is 0 Å². The number of oxazole rings is 1. The highest BCUT2D eigenvalue weighted by Crippen LogP contribution is 2.29. The third-order valence-corrected chi connectivity index (χ3v) is 4.06. The molecule has 1 heterocycles. The van der Waals surface area contributed by atoms with Crippen molar-refractivity contribution in [1.29, 1.82) is 0 Å². The van der Waals surface area contributed by atoms with Crippen LogP contribution in [-0.4, -0.2) is 19.9 Å². The molecule has 17 heavy (non-hydrogen) atoms. The summed E-state index contributed by atoms with van der Waals surface area (Å²) in [6, 6.07) is 0. The lowest BCUT2D eigenvalue weighted by atomic mass is 10.1. The van der Waals surface area contributed by atoms with E-state index in [9.17, 15) is 5.11 Å². The zero-order chi connectivity index (χ0) is 13.3. The van der Waals surface area contributed by atoms with Gasteiger partial charge in [0.05, 0.1) is 6.10 Å². The van der Waals surface area contributed by atoms with Gasteiger partial charge in [-0.2, -0.15) is 0 Å². The minimum Gasteiger partial charge on any atom is -0.446 e. The monoisotopic (exact) mass is 257 g/mol. The summed E-state index contributed by atoms with van der Waals surface area (Å²) in [4.78, 5) is 4.26. The van der Waals surface area contributed by atoms with E-state index in [0.717, 1.165) is 0 Å². The van der Waals surface area contributed by atoms with Crippen LogP contribution in [0, 0.1) is 0 Å². The lowest BCUT2D eigenvalue weighted by Gasteiger charge is -2.27. The van der Waals surface area contributed by atoms with Crippen LogP contribution in [0.25, 0.3) is 0 Å². The average molecular weight is 257 g/mol. The molecule has 0 saturated carbocycles. The van der Waals surface area contributed by atoms with E-state index in [-0.39, 0.29) is 5.04 Å². The van der Waals surface area contributed by atoms with Crippen LogP contribution in [0.5, 0.6) is 0 Å². The standard InChI is InChI=1S/C12H23NO3Si/c1-8(14)9-7-15-10(13-9)12(5,6)16-17-11(2,3)4/h7-8,14H,17H2,1-6H3. The smallest absolute Gasteiger partial charge is 0.224 e. The predicted molar refractivity (Wildman–Crippen MR) is 69.5 cm³/mol. The maximum Gasteiger partial charge on any atom is 0.224 e. The minimum atomic E-state index is -0.671. The van der Waals surface area contributed by atoms with Crippen LogP contribution in [0.4, 0.5) is 0 Å². The van der Waals surface area contributed by atoms with Gasteiger partial charge in [0.15, 0.2) is 9.76 Å². The van der Waals surface area contributed by atoms with Gasteiger partial charge in [-0.3, -0.25) is 0 Å². The van der Waals surface area contributed by atoms with Crippen LogP contribution in [0.15, 0.2) is 10.7 Å². The molecule has 1 atom stereocenters. The fourth-order valence-electron chi connectivity index (χ4n) is 1.21. The van der Waals surface area contributed by atoms with Gasteiger partial charge < -0.3 is 13.9 Å². The number of aliphatic hydroxyl groups is 1. The van der Waals surface area contributed by atoms with Crippen molar-refractivity contribution >= 4 is 9.76 Å². The molecule has 0 saturated heterocycles. The van der Waals surface area contributed by atoms with E-state index < -0.39 is 21.5 Å². The van der Waals surface area contributed by atoms with Gasteiger partial charge in [-0.05, 0) is 25.8 Å². The summed E-state index contributed by atoms with van der Waals surface area (Å²) < 4.78 is 11.4. The Morgan fingerprint density at radius 3 is 2.35 bits per heavy atom. The van der Waals surface area contributed by atoms with Crippen LogP contribution < -0.4 is 0 Å². The van der Waals surface area contributed by atoms with Gasteiger partial charge in [-0.15, -0.1) is 0 Å². The molecule has 1 unspecified atom stereocenters. The molecule has 5 heteroatoms. The predicted octanol–water partition coefficient (Wildman–Crippen LogP) is 2.28. The molecule has 0 amide bonds. The number of rotatable bonds is 4. The Hall–Kier alpha value is -0.653. The number of aromatic nitrogens is 1. The lowest BCUT2D eigenvalue weighted by Crippen LogP contribution is -2.28. The van der Waals surface area contributed by atoms with Crippen molar-refractivity contribution in [1.82, 2.24) is 4.98 Å². The molecule has 0 aromatic carbocycles. The summed E-state index contributed by atoms with van der Waals surface area (Å²) in [6.45, 7) is 12.1. The first-order chi connectivity index (χ1) is 7.62. The molecule has 0 radical (unpaired) electrons. The summed E-state index contributed by atoms with van der Waals surface area (Å²) in [5.74, 6) is 0.533. The third-order valence-electron chi connectivity index (χ3n) is 2.33. The van der Waals surface area contributed by atoms with Gasteiger partial charge in [-0.25, -0.2) is 4.98 Å². The van der Waals surface area contributed by atoms with E-state index in [1.807, 2.05) is 13.8 Å². The van der Waals surface area contributed by atoms with E-state index in [0.29, 0.717) is 11.6 Å². The first-order valence-corrected chi connectivity index (χ1v) is 7.18. The van der Waals surface area contributed by atoms with Crippen molar-refractivity contribution in [3.8, 4) is 0 Å². The average Bonchev–Trinajstić information content (AvgIpc) is 2.63. The number of nitrogens with zero attached hydrogens (tertiary/aromatic N) is 1. The first-order valence-electron chi connectivity index (χ1n) is 5.90. The molecule has 0 aliphatic carbocycles. The zero-order valence-electron chi connectivity index (χ0n) is 11.6. The molecular formula is C12H23NO3Si. The van der Waals surface area contributed by atoms with Crippen molar-refractivity contribution in [2.45, 2.75) is 58.3 Å². The Morgan fingerprint density at radius 1 is 1.35 bits per heavy atom. The maximum atomic E-state index is 9.41. The molecule has 1 rings (SSSR count). The summed E-state index contributed by atoms with van der Waals surface area (Å²) in [6.07, 6.45) is 0.882. The van der Waals surface area contributed by atoms with E-state index in [2.05, 4.69) is 25.8 Å². The Labute approximate surface area is 105 Å². The second-order valence-electron chi connectivity index (χ2n) is 6.11. The topological polar surface area (TPSA) is 55.5 Å². The third kappa shape index (κ3) is 4.26. The molecule has 1 aromatic heterocycles. The Morgan fingerprint density at radius 2 is 1.94 bits per heavy atom. The molecule has 0 aliphatic heterocycles. The van der Waals surface area contributed by atoms with Crippen LogP contribution >= 0.6 is 0 Å². The van der Waals surface area contributed by atoms with Gasteiger partial charge in [0.1, 0.15) is 17.6 Å². The van der Waals surface area contributed by atoms with Gasteiger partial charge in [0.25, 0.3) is 0 Å². The number of hydrogen-bond donors (Lipinski definition) is 1. The molecule has 1 aromatic rings. The van der Waals surface area contributed by atoms with E-state index in [1.54, 1.807) is 6.92 Å². The van der Waals surface area contributed by atoms with Crippen LogP contribution in [0.2, 0.25) is 5.04 Å². The SMILES string of the molecule is CC(O)c1coc(C(C)(C)O[SiH2]C(C)(C)C)n1. The van der Waals surface area contributed by atoms with Crippen molar-refractivity contribution in [3.05, 3.63) is 17.8 Å². The Bertz CT molecular complexity index is 366. The number of aliphatic hydroxyl groups excluding tert-OH is 1. The highest BCUT2D eigenvalue weighted by molar-refractivity contribution is 6.31. The highest BCUT2D eigenvalue weighted by Gasteiger charge is 2.29. The second kappa shape index (κ2) is 4.92. The quantitative estimate of drug-likeness (QED) is 0.841. The fraction of sp³-hybridized carbons (Fsp3) is 0.750. The van der Waals surface area contributed by atoms with Crippen molar-refractivity contribution in [3.63, 3.8) is 0 Å². The first kappa shape index (κ1) is 14.4. The minimum absolute atomic E-state index is 0.233. The molecule has 98 valence electrons. The van der Waals surface area contributed by atoms with Crippen molar-refractivity contribution in [2.75, 3.05) is 0 Å². The molecular weight excluding hydrogens is 234 g/mol. The van der Waals surface area contributed by atoms with E-state index >= 15 is 0 Å². The van der Waals surface area contributed by atoms with Gasteiger partial charge >= 0.3 is 0 Å². The van der Waals surface area contributed by atoms with Gasteiger partial charge in [-0.1, -0.05) is 20.8 Å². The van der Waals surface area contributed by atoms with Crippen LogP contribution in [-0.2, 0) is 10.0 Å². The van der Waals surface area contributed by atoms with Crippen molar-refractivity contribution in [2.24, 2.45) is 0 Å². The zero-order valence-corrected chi connectivity index (χ0v) is 13.0. The van der Waals surface area contributed by atoms with E-state index in [1.165, 1.54) is 6.26 Å². The maximum absolute atomic E-state index is 9.41. The summed E-state index contributed by atoms with van der Waals surface area (Å²) in [5, 5.41) is 9.64. The summed E-state index contributed by atoms with van der Waals surface area (Å²) in [7, 11) is -0.671. The molecule has 4 nitrogen and oxygen atoms in total. The number of hydrogen-bond acceptors (Lipinski definition) is 4. The summed E-state index contributed by atoms with van der Waals surface area (Å²) in [5.41, 5.74) is 0.0289. The van der Waals surface area contributed by atoms with Gasteiger partial charge in [0, 0.05) is 0 Å². The molecule has 0 spiro atoms. The normalized spacial score (nSPS) is 15.7. The van der Waals surface area contributed by atoms with E-state index in [4.69, 9.17) is 8.84 Å². The van der Waals surface area contributed by atoms with Gasteiger partial charge in [0.2, 0.25) is 5.89 Å². The molecule has 0 aliphatic rings. The van der Waals surface area contributed by atoms with Crippen molar-refractivity contribution < 1.29 is 13.9 Å². The lowest BCUT2D eigenvalue weighted by molar-refractivity contribution is 0.0765. The van der Waals surface area contributed by atoms with Crippen LogP contribution in [0.1, 0.15) is 59.2 Å². The molecule has 0 bridgehead atoms. The fourth-order valence-corrected chi connectivity index (χ4v) is 2.13. The Kier molecular flexibility index (Phi) is 4.17. The Balaban J connectivity index is 2.75. The summed E-state index contributed by atoms with van der Waals surface area (Å²) >= 11 is 0.